The van der Waals surface area contributed by atoms with Gasteiger partial charge in [-0.15, -0.1) is 0 Å². The van der Waals surface area contributed by atoms with Crippen LogP contribution in [0.2, 0.25) is 0 Å². The molecule has 1 saturated heterocycles. The van der Waals surface area contributed by atoms with Crippen LogP contribution in [0.5, 0.6) is 5.75 Å². The molecule has 11 nitrogen and oxygen atoms in total. The fourth-order valence-electron chi connectivity index (χ4n) is 5.04. The van der Waals surface area contributed by atoms with Gasteiger partial charge in [-0.1, -0.05) is 42.5 Å². The SMILES string of the molecule is CN[C@H](Cc1ccccc1)C(=O)N[C@@H]1C(=O)N([C@@H](C)C(=O)NCCc2ccc(OC)cc2)CCC[C@@H]1CNC(N)=O. The number of hydrogen-bond acceptors (Lipinski definition) is 6. The number of nitrogens with zero attached hydrogens (tertiary/aromatic N) is 1. The van der Waals surface area contributed by atoms with Crippen molar-refractivity contribution >= 4 is 23.8 Å². The van der Waals surface area contributed by atoms with Gasteiger partial charge in [0.05, 0.1) is 13.2 Å². The molecule has 0 spiro atoms. The van der Waals surface area contributed by atoms with Crippen LogP contribution < -0.4 is 31.7 Å². The zero-order valence-corrected chi connectivity index (χ0v) is 24.0. The Morgan fingerprint density at radius 3 is 2.37 bits per heavy atom. The van der Waals surface area contributed by atoms with E-state index in [2.05, 4.69) is 21.3 Å². The molecular weight excluding hydrogens is 524 g/mol. The Balaban J connectivity index is 1.69. The maximum absolute atomic E-state index is 13.9. The van der Waals surface area contributed by atoms with E-state index < -0.39 is 24.2 Å². The lowest BCUT2D eigenvalue weighted by molar-refractivity contribution is -0.143. The third-order valence-corrected chi connectivity index (χ3v) is 7.50. The molecule has 2 aromatic carbocycles. The van der Waals surface area contributed by atoms with Gasteiger partial charge in [0.1, 0.15) is 17.8 Å². The Morgan fingerprint density at radius 2 is 1.73 bits per heavy atom. The molecule has 4 atom stereocenters. The number of likely N-dealkylation sites (tertiary alicyclic amines) is 1. The number of nitrogens with one attached hydrogen (secondary N) is 4. The van der Waals surface area contributed by atoms with E-state index in [1.807, 2.05) is 54.6 Å². The molecule has 0 saturated carbocycles. The number of urea groups is 1. The van der Waals surface area contributed by atoms with Gasteiger partial charge in [-0.05, 0) is 62.9 Å². The number of rotatable bonds is 13. The largest absolute Gasteiger partial charge is 0.497 e. The topological polar surface area (TPSA) is 155 Å². The van der Waals surface area contributed by atoms with Crippen LogP contribution >= 0.6 is 0 Å². The molecule has 222 valence electrons. The normalized spacial score (nSPS) is 18.5. The summed E-state index contributed by atoms with van der Waals surface area (Å²) in [5.74, 6) is -0.596. The van der Waals surface area contributed by atoms with Gasteiger partial charge in [0.15, 0.2) is 0 Å². The Bertz CT molecular complexity index is 1160. The second-order valence-electron chi connectivity index (χ2n) is 10.3. The van der Waals surface area contributed by atoms with Crippen LogP contribution in [-0.4, -0.2) is 80.6 Å². The highest BCUT2D eigenvalue weighted by Crippen LogP contribution is 2.21. The summed E-state index contributed by atoms with van der Waals surface area (Å²) in [6.07, 6.45) is 2.22. The van der Waals surface area contributed by atoms with Gasteiger partial charge in [-0.3, -0.25) is 14.4 Å². The second kappa shape index (κ2) is 15.6. The van der Waals surface area contributed by atoms with Gasteiger partial charge in [0, 0.05) is 25.6 Å². The number of carbonyl (C=O) groups excluding carboxylic acids is 4. The van der Waals surface area contributed by atoms with Crippen molar-refractivity contribution in [3.63, 3.8) is 0 Å². The smallest absolute Gasteiger partial charge is 0.312 e. The number of amides is 5. The van der Waals surface area contributed by atoms with Crippen molar-refractivity contribution in [1.29, 1.82) is 0 Å². The molecule has 0 radical (unpaired) electrons. The lowest BCUT2D eigenvalue weighted by Crippen LogP contribution is -2.59. The van der Waals surface area contributed by atoms with Crippen LogP contribution in [-0.2, 0) is 27.2 Å². The second-order valence-corrected chi connectivity index (χ2v) is 10.3. The molecule has 0 bridgehead atoms. The zero-order chi connectivity index (χ0) is 29.8. The van der Waals surface area contributed by atoms with Gasteiger partial charge >= 0.3 is 6.03 Å². The third kappa shape index (κ3) is 9.21. The van der Waals surface area contributed by atoms with Crippen LogP contribution in [0.3, 0.4) is 0 Å². The molecule has 2 aromatic rings. The lowest BCUT2D eigenvalue weighted by Gasteiger charge is -2.32. The molecule has 41 heavy (non-hydrogen) atoms. The van der Waals surface area contributed by atoms with E-state index in [1.54, 1.807) is 21.1 Å². The number of likely N-dealkylation sites (N-methyl/N-ethyl adjacent to an activating group) is 1. The summed E-state index contributed by atoms with van der Waals surface area (Å²) in [4.78, 5) is 53.3. The summed E-state index contributed by atoms with van der Waals surface area (Å²) in [5.41, 5.74) is 7.32. The fourth-order valence-corrected chi connectivity index (χ4v) is 5.04. The molecule has 1 aliphatic rings. The van der Waals surface area contributed by atoms with Gasteiger partial charge in [0.25, 0.3) is 0 Å². The Hall–Kier alpha value is -4.12. The molecular formula is C30H42N6O5. The molecule has 0 aromatic heterocycles. The minimum atomic E-state index is -0.932. The van der Waals surface area contributed by atoms with Crippen LogP contribution in [0.1, 0.15) is 30.9 Å². The number of benzene rings is 2. The highest BCUT2D eigenvalue weighted by Gasteiger charge is 2.39. The predicted octanol–water partition coefficient (Wildman–Crippen LogP) is 0.965. The van der Waals surface area contributed by atoms with E-state index in [0.29, 0.717) is 38.8 Å². The Kier molecular flexibility index (Phi) is 12.0. The highest BCUT2D eigenvalue weighted by atomic mass is 16.5. The van der Waals surface area contributed by atoms with Gasteiger partial charge in [-0.25, -0.2) is 4.79 Å². The molecule has 1 heterocycles. The number of ether oxygens (including phenoxy) is 1. The van der Waals surface area contributed by atoms with Gasteiger partial charge in [0.2, 0.25) is 17.7 Å². The van der Waals surface area contributed by atoms with Crippen molar-refractivity contribution in [2.75, 3.05) is 33.8 Å². The van der Waals surface area contributed by atoms with Crippen molar-refractivity contribution < 1.29 is 23.9 Å². The van der Waals surface area contributed by atoms with Crippen molar-refractivity contribution in [2.24, 2.45) is 11.7 Å². The number of carbonyl (C=O) groups is 4. The van der Waals surface area contributed by atoms with Crippen molar-refractivity contribution in [2.45, 2.75) is 50.7 Å². The first-order valence-electron chi connectivity index (χ1n) is 14.0. The zero-order valence-electron chi connectivity index (χ0n) is 24.0. The van der Waals surface area contributed by atoms with E-state index in [-0.39, 0.29) is 30.2 Å². The summed E-state index contributed by atoms with van der Waals surface area (Å²) >= 11 is 0. The van der Waals surface area contributed by atoms with Crippen LogP contribution in [0, 0.1) is 5.92 Å². The summed E-state index contributed by atoms with van der Waals surface area (Å²) in [6, 6.07) is 14.2. The monoisotopic (exact) mass is 566 g/mol. The maximum atomic E-state index is 13.9. The van der Waals surface area contributed by atoms with Crippen molar-refractivity contribution in [3.8, 4) is 5.75 Å². The van der Waals surface area contributed by atoms with Crippen LogP contribution in [0.15, 0.2) is 54.6 Å². The molecule has 6 N–H and O–H groups in total. The first-order chi connectivity index (χ1) is 19.7. The predicted molar refractivity (Wildman–Crippen MR) is 156 cm³/mol. The molecule has 0 unspecified atom stereocenters. The molecule has 1 fully saturated rings. The molecule has 5 amide bonds. The van der Waals surface area contributed by atoms with E-state index in [1.165, 1.54) is 4.90 Å². The lowest BCUT2D eigenvalue weighted by atomic mass is 9.94. The van der Waals surface area contributed by atoms with Crippen LogP contribution in [0.4, 0.5) is 4.79 Å². The van der Waals surface area contributed by atoms with E-state index in [4.69, 9.17) is 10.5 Å². The number of nitrogens with two attached hydrogens (primary N) is 1. The summed E-state index contributed by atoms with van der Waals surface area (Å²) in [7, 11) is 3.30. The van der Waals surface area contributed by atoms with E-state index >= 15 is 0 Å². The van der Waals surface area contributed by atoms with Gasteiger partial charge in [-0.2, -0.15) is 0 Å². The summed E-state index contributed by atoms with van der Waals surface area (Å²) < 4.78 is 5.18. The minimum Gasteiger partial charge on any atom is -0.497 e. The first kappa shape index (κ1) is 31.4. The van der Waals surface area contributed by atoms with Crippen molar-refractivity contribution in [1.82, 2.24) is 26.2 Å². The Labute approximate surface area is 241 Å². The number of primary amides is 1. The van der Waals surface area contributed by atoms with E-state index in [9.17, 15) is 19.2 Å². The average molecular weight is 567 g/mol. The highest BCUT2D eigenvalue weighted by molar-refractivity contribution is 5.93. The molecule has 11 heteroatoms. The molecule has 0 aliphatic carbocycles. The Morgan fingerprint density at radius 1 is 1.02 bits per heavy atom. The summed E-state index contributed by atoms with van der Waals surface area (Å²) in [5, 5.41) is 11.5. The maximum Gasteiger partial charge on any atom is 0.312 e. The van der Waals surface area contributed by atoms with Crippen molar-refractivity contribution in [3.05, 3.63) is 65.7 Å². The minimum absolute atomic E-state index is 0.130. The number of methoxy groups -OCH3 is 1. The standard InChI is InChI=1S/C30H42N6O5/c1-20(27(37)33-16-15-21-11-13-24(41-3)14-12-21)36-17-7-10-23(19-34-30(31)40)26(29(36)39)35-28(38)25(32-2)18-22-8-5-4-6-9-22/h4-6,8-9,11-14,20,23,25-26,32H,7,10,15-19H2,1-3H3,(H,33,37)(H,35,38)(H3,31,34,40)/t20-,23+,25+,26-/m0/s1. The van der Waals surface area contributed by atoms with Gasteiger partial charge < -0.3 is 36.6 Å². The average Bonchev–Trinajstić information content (AvgIpc) is 3.13. The van der Waals surface area contributed by atoms with E-state index in [0.717, 1.165) is 16.9 Å². The first-order valence-corrected chi connectivity index (χ1v) is 14.0. The van der Waals surface area contributed by atoms with Crippen LogP contribution in [0.25, 0.3) is 0 Å². The fraction of sp³-hybridized carbons (Fsp3) is 0.467. The molecule has 3 rings (SSSR count). The number of hydrogen-bond donors (Lipinski definition) is 5. The summed E-state index contributed by atoms with van der Waals surface area (Å²) in [6.45, 7) is 2.58. The quantitative estimate of drug-likeness (QED) is 0.243. The third-order valence-electron chi connectivity index (χ3n) is 7.50. The molecule has 1 aliphatic heterocycles.